The molecule has 2 saturated heterocycles. The summed E-state index contributed by atoms with van der Waals surface area (Å²) in [5, 5.41) is 9.63. The van der Waals surface area contributed by atoms with E-state index in [1.54, 1.807) is 24.3 Å². The first kappa shape index (κ1) is 13.4. The number of amides is 2. The van der Waals surface area contributed by atoms with Crippen LogP contribution in [-0.2, 0) is 14.3 Å². The predicted octanol–water partition coefficient (Wildman–Crippen LogP) is 1.10. The van der Waals surface area contributed by atoms with Crippen LogP contribution in [0.4, 0.5) is 5.69 Å². The van der Waals surface area contributed by atoms with E-state index in [2.05, 4.69) is 22.6 Å². The summed E-state index contributed by atoms with van der Waals surface area (Å²) in [6, 6.07) is 7.24. The zero-order chi connectivity index (χ0) is 14.8. The van der Waals surface area contributed by atoms with Gasteiger partial charge in [-0.15, -0.1) is 0 Å². The number of aliphatic hydroxyl groups is 1. The standard InChI is InChI=1S/C15H12INO4/c16-8-1-3-9(4-2-8)17-13(19)11-10-5-6-15(7-18,21-10)12(11)14(17)20/h1-6,10-12,18H,7H2/t10-,11+,12-,15+/m1/s1. The third kappa shape index (κ3) is 1.63. The molecule has 3 aliphatic rings. The zero-order valence-electron chi connectivity index (χ0n) is 10.9. The topological polar surface area (TPSA) is 66.8 Å². The number of aliphatic hydroxyl groups excluding tert-OH is 1. The third-order valence-electron chi connectivity index (χ3n) is 4.49. The monoisotopic (exact) mass is 397 g/mol. The molecule has 0 aliphatic carbocycles. The van der Waals surface area contributed by atoms with Crippen molar-refractivity contribution in [2.75, 3.05) is 11.5 Å². The van der Waals surface area contributed by atoms with E-state index >= 15 is 0 Å². The highest BCUT2D eigenvalue weighted by molar-refractivity contribution is 14.1. The summed E-state index contributed by atoms with van der Waals surface area (Å²) in [6.07, 6.45) is 3.09. The molecule has 0 unspecified atom stereocenters. The Morgan fingerprint density at radius 1 is 1.24 bits per heavy atom. The molecule has 6 heteroatoms. The van der Waals surface area contributed by atoms with E-state index in [9.17, 15) is 14.7 Å². The van der Waals surface area contributed by atoms with Crippen LogP contribution in [0, 0.1) is 15.4 Å². The Balaban J connectivity index is 1.77. The van der Waals surface area contributed by atoms with Crippen molar-refractivity contribution in [3.05, 3.63) is 40.0 Å². The first-order valence-electron chi connectivity index (χ1n) is 6.69. The number of benzene rings is 1. The lowest BCUT2D eigenvalue weighted by molar-refractivity contribution is -0.128. The lowest BCUT2D eigenvalue weighted by Crippen LogP contribution is -2.43. The maximum Gasteiger partial charge on any atom is 0.241 e. The maximum atomic E-state index is 12.7. The minimum Gasteiger partial charge on any atom is -0.393 e. The maximum absolute atomic E-state index is 12.7. The van der Waals surface area contributed by atoms with E-state index in [-0.39, 0.29) is 18.4 Å². The number of carbonyl (C=O) groups excluding carboxylic acids is 2. The van der Waals surface area contributed by atoms with Crippen LogP contribution in [-0.4, -0.2) is 35.2 Å². The second-order valence-electron chi connectivity index (χ2n) is 5.55. The van der Waals surface area contributed by atoms with E-state index in [1.165, 1.54) is 4.90 Å². The molecule has 5 nitrogen and oxygen atoms in total. The van der Waals surface area contributed by atoms with Crippen molar-refractivity contribution in [2.45, 2.75) is 11.7 Å². The van der Waals surface area contributed by atoms with Crippen LogP contribution in [0.15, 0.2) is 36.4 Å². The van der Waals surface area contributed by atoms with Crippen LogP contribution in [0.25, 0.3) is 0 Å². The van der Waals surface area contributed by atoms with Gasteiger partial charge in [0, 0.05) is 3.57 Å². The Morgan fingerprint density at radius 2 is 1.95 bits per heavy atom. The van der Waals surface area contributed by atoms with Crippen molar-refractivity contribution in [3.63, 3.8) is 0 Å². The van der Waals surface area contributed by atoms with Gasteiger partial charge in [0.25, 0.3) is 0 Å². The molecule has 0 spiro atoms. The van der Waals surface area contributed by atoms with Gasteiger partial charge in [-0.2, -0.15) is 0 Å². The Morgan fingerprint density at radius 3 is 2.62 bits per heavy atom. The van der Waals surface area contributed by atoms with E-state index in [4.69, 9.17) is 4.74 Å². The smallest absolute Gasteiger partial charge is 0.241 e. The fourth-order valence-electron chi connectivity index (χ4n) is 3.53. The molecule has 3 heterocycles. The SMILES string of the molecule is O=C1[C@H]2[C@H]3C=C[C@@](CO)(O3)[C@H]2C(=O)N1c1ccc(I)cc1. The van der Waals surface area contributed by atoms with Crippen molar-refractivity contribution in [1.29, 1.82) is 0 Å². The van der Waals surface area contributed by atoms with Crippen LogP contribution >= 0.6 is 22.6 Å². The molecule has 2 bridgehead atoms. The van der Waals surface area contributed by atoms with Gasteiger partial charge in [-0.1, -0.05) is 12.2 Å². The van der Waals surface area contributed by atoms with E-state index < -0.39 is 23.5 Å². The van der Waals surface area contributed by atoms with Gasteiger partial charge in [-0.25, -0.2) is 4.90 Å². The number of imide groups is 1. The molecule has 108 valence electrons. The van der Waals surface area contributed by atoms with Gasteiger partial charge in [0.05, 0.1) is 30.2 Å². The van der Waals surface area contributed by atoms with Crippen molar-refractivity contribution < 1.29 is 19.4 Å². The van der Waals surface area contributed by atoms with Crippen LogP contribution < -0.4 is 4.90 Å². The molecule has 2 amide bonds. The molecule has 1 N–H and O–H groups in total. The second-order valence-corrected chi connectivity index (χ2v) is 6.79. The summed E-state index contributed by atoms with van der Waals surface area (Å²) < 4.78 is 6.72. The van der Waals surface area contributed by atoms with Crippen LogP contribution in [0.5, 0.6) is 0 Å². The molecule has 1 aromatic rings. The molecule has 3 aliphatic heterocycles. The number of anilines is 1. The summed E-state index contributed by atoms with van der Waals surface area (Å²) in [7, 11) is 0. The summed E-state index contributed by atoms with van der Waals surface area (Å²) in [4.78, 5) is 26.6. The van der Waals surface area contributed by atoms with Crippen molar-refractivity contribution in [1.82, 2.24) is 0 Å². The number of halogens is 1. The number of hydrogen-bond donors (Lipinski definition) is 1. The molecule has 0 saturated carbocycles. The van der Waals surface area contributed by atoms with Crippen molar-refractivity contribution in [3.8, 4) is 0 Å². The summed E-state index contributed by atoms with van der Waals surface area (Å²) >= 11 is 2.17. The third-order valence-corrected chi connectivity index (χ3v) is 5.21. The highest BCUT2D eigenvalue weighted by atomic mass is 127. The largest absolute Gasteiger partial charge is 0.393 e. The second kappa shape index (κ2) is 4.37. The summed E-state index contributed by atoms with van der Waals surface area (Å²) in [5.41, 5.74) is -0.452. The first-order chi connectivity index (χ1) is 10.1. The number of rotatable bonds is 2. The first-order valence-corrected chi connectivity index (χ1v) is 7.77. The quantitative estimate of drug-likeness (QED) is 0.461. The van der Waals surface area contributed by atoms with Gasteiger partial charge in [-0.3, -0.25) is 9.59 Å². The van der Waals surface area contributed by atoms with Crippen LogP contribution in [0.3, 0.4) is 0 Å². The minimum atomic E-state index is -1.03. The highest BCUT2D eigenvalue weighted by Crippen LogP contribution is 2.52. The fraction of sp³-hybridized carbons (Fsp3) is 0.333. The van der Waals surface area contributed by atoms with Gasteiger partial charge in [0.15, 0.2) is 0 Å². The van der Waals surface area contributed by atoms with Crippen molar-refractivity contribution >= 4 is 40.1 Å². The molecule has 4 rings (SSSR count). The van der Waals surface area contributed by atoms with E-state index in [1.807, 2.05) is 12.1 Å². The van der Waals surface area contributed by atoms with E-state index in [0.717, 1.165) is 3.57 Å². The lowest BCUT2D eigenvalue weighted by Gasteiger charge is -2.26. The molecule has 0 aromatic heterocycles. The number of hydrogen-bond acceptors (Lipinski definition) is 4. The zero-order valence-corrected chi connectivity index (χ0v) is 13.1. The van der Waals surface area contributed by atoms with Gasteiger partial charge >= 0.3 is 0 Å². The Bertz CT molecular complexity index is 671. The van der Waals surface area contributed by atoms with Crippen LogP contribution in [0.1, 0.15) is 0 Å². The molecule has 1 aromatic carbocycles. The normalized spacial score (nSPS) is 36.7. The van der Waals surface area contributed by atoms with Crippen LogP contribution in [0.2, 0.25) is 0 Å². The Hall–Kier alpha value is -1.25. The molecule has 0 radical (unpaired) electrons. The summed E-state index contributed by atoms with van der Waals surface area (Å²) in [6.45, 7) is -0.291. The average Bonchev–Trinajstić information content (AvgIpc) is 3.12. The van der Waals surface area contributed by atoms with E-state index in [0.29, 0.717) is 5.69 Å². The number of nitrogens with zero attached hydrogens (tertiary/aromatic N) is 1. The van der Waals surface area contributed by atoms with Gasteiger partial charge in [0.1, 0.15) is 5.60 Å². The highest BCUT2D eigenvalue weighted by Gasteiger charge is 2.67. The van der Waals surface area contributed by atoms with Crippen molar-refractivity contribution in [2.24, 2.45) is 11.8 Å². The van der Waals surface area contributed by atoms with Gasteiger partial charge in [-0.05, 0) is 46.9 Å². The average molecular weight is 397 g/mol. The Kier molecular flexibility index (Phi) is 2.79. The predicted molar refractivity (Wildman–Crippen MR) is 82.5 cm³/mol. The van der Waals surface area contributed by atoms with Gasteiger partial charge < -0.3 is 9.84 Å². The molecule has 4 atom stereocenters. The number of ether oxygens (including phenoxy) is 1. The number of fused-ring (bicyclic) bond motifs is 5. The number of carbonyl (C=O) groups is 2. The molecule has 21 heavy (non-hydrogen) atoms. The summed E-state index contributed by atoms with van der Waals surface area (Å²) in [5.74, 6) is -1.67. The molecular weight excluding hydrogens is 385 g/mol. The minimum absolute atomic E-state index is 0.240. The van der Waals surface area contributed by atoms with Gasteiger partial charge in [0.2, 0.25) is 11.8 Å². The fourth-order valence-corrected chi connectivity index (χ4v) is 3.89. The lowest BCUT2D eigenvalue weighted by atomic mass is 9.77. The Labute approximate surface area is 134 Å². The molecule has 2 fully saturated rings. The molecular formula is C15H12INO4.